The second-order valence-corrected chi connectivity index (χ2v) is 28.7. The Balaban J connectivity index is 1.99. The number of aliphatic hydroxyl groups excluding tert-OH is 1. The van der Waals surface area contributed by atoms with Crippen molar-refractivity contribution in [2.24, 2.45) is 47.2 Å². The van der Waals surface area contributed by atoms with Crippen molar-refractivity contribution in [3.05, 3.63) is 47.7 Å². The molecule has 0 unspecified atom stereocenters. The molecule has 0 aromatic heterocycles. The first-order chi connectivity index (χ1) is 47.9. The molecule has 15 atom stereocenters. The van der Waals surface area contributed by atoms with Gasteiger partial charge in [0.05, 0.1) is 12.6 Å². The van der Waals surface area contributed by atoms with E-state index in [0.717, 1.165) is 6.42 Å². The number of rotatable bonds is 32. The summed E-state index contributed by atoms with van der Waals surface area (Å²) in [6.45, 7) is 27.8. The van der Waals surface area contributed by atoms with Gasteiger partial charge >= 0.3 is 5.97 Å². The van der Waals surface area contributed by atoms with Crippen LogP contribution in [0.5, 0.6) is 0 Å². The van der Waals surface area contributed by atoms with Gasteiger partial charge in [-0.05, 0) is 106 Å². The Hall–Kier alpha value is -8.54. The maximum atomic E-state index is 15.0. The topological polar surface area (TPSA) is 442 Å². The standard InChI is InChI=1S/C72H118N14O16/c1-18-42(14)57(68(97)85-60-45(17)102-72(101)56(41(12)13)82-61(90)47(20-3)75-63(92)49(35-46-28-22-21-23-29-46)77-65(94)53(38(6)7)79-67(96)58(43(15)19-2)84-70(60)99)83-62(91)48(30-25-33-73)76-64(93)50-31-26-34-86(50)71(100)55(40(10)11)81-66(95)54(39(8)9)80-69(98)59(44(16)87)78-52(89)36-74-51(88)32-24-27-37(4)5/h20-23,28-29,37-45,48-50,53-60,87H,18-19,24-27,30-36,73H2,1-17H3,(H,74,88)(H,75,92)(H,76,93)(H,77,94)(H,78,89)(H,79,96)(H,80,98)(H,81,95)(H,82,90)(H,83,91)(H,84,99)(H,85,97)/b47-20-/t42-,43-,44-,45+,48+,49+,50-,53-,54+,55-,56+,57-,58-,59+,60-/m1/s1. The van der Waals surface area contributed by atoms with Gasteiger partial charge in [0.1, 0.15) is 78.3 Å². The van der Waals surface area contributed by atoms with Crippen LogP contribution in [0, 0.1) is 41.4 Å². The molecule has 15 N–H and O–H groups in total. The van der Waals surface area contributed by atoms with Crippen LogP contribution >= 0.6 is 0 Å². The Morgan fingerprint density at radius 1 is 0.647 bits per heavy atom. The van der Waals surface area contributed by atoms with Crippen LogP contribution in [0.25, 0.3) is 0 Å². The molecular formula is C72H118N14O16. The quantitative estimate of drug-likeness (QED) is 0.0351. The lowest BCUT2D eigenvalue weighted by atomic mass is 9.95. The predicted molar refractivity (Wildman–Crippen MR) is 382 cm³/mol. The molecule has 2 heterocycles. The van der Waals surface area contributed by atoms with Gasteiger partial charge in [-0.2, -0.15) is 0 Å². The molecular weight excluding hydrogens is 1320 g/mol. The van der Waals surface area contributed by atoms with Crippen molar-refractivity contribution in [2.45, 2.75) is 261 Å². The van der Waals surface area contributed by atoms with Crippen LogP contribution in [0.3, 0.4) is 0 Å². The minimum absolute atomic E-state index is 0.0349. The van der Waals surface area contributed by atoms with Crippen LogP contribution in [0.15, 0.2) is 42.1 Å². The zero-order chi connectivity index (χ0) is 77.0. The fraction of sp³-hybridized carbons (Fsp3) is 0.694. The number of nitrogens with zero attached hydrogens (tertiary/aromatic N) is 1. The number of aliphatic hydroxyl groups is 1. The summed E-state index contributed by atoms with van der Waals surface area (Å²) in [5.74, 6) is -14.7. The lowest BCUT2D eigenvalue weighted by molar-refractivity contribution is -0.157. The maximum absolute atomic E-state index is 15.0. The fourth-order valence-electron chi connectivity index (χ4n) is 11.6. The molecule has 30 nitrogen and oxygen atoms in total. The minimum atomic E-state index is -1.82. The Bertz CT molecular complexity index is 3070. The molecule has 2 aliphatic heterocycles. The lowest BCUT2D eigenvalue weighted by Crippen LogP contribution is -2.64. The molecule has 572 valence electrons. The zero-order valence-corrected chi connectivity index (χ0v) is 62.8. The second kappa shape index (κ2) is 42.8. The number of amides is 13. The number of hydrogen-bond acceptors (Lipinski definition) is 17. The van der Waals surface area contributed by atoms with Gasteiger partial charge in [0.2, 0.25) is 70.9 Å². The Morgan fingerprint density at radius 2 is 1.24 bits per heavy atom. The summed E-state index contributed by atoms with van der Waals surface area (Å²) in [5, 5.41) is 42.5. The van der Waals surface area contributed by atoms with Crippen molar-refractivity contribution in [3.63, 3.8) is 0 Å². The Morgan fingerprint density at radius 3 is 1.79 bits per heavy atom. The summed E-state index contributed by atoms with van der Waals surface area (Å²) < 4.78 is 5.95. The molecule has 1 aromatic carbocycles. The molecule has 1 aromatic rings. The maximum Gasteiger partial charge on any atom is 0.329 e. The van der Waals surface area contributed by atoms with Gasteiger partial charge in [-0.1, -0.05) is 153 Å². The highest BCUT2D eigenvalue weighted by molar-refractivity contribution is 6.03. The number of esters is 1. The van der Waals surface area contributed by atoms with Gasteiger partial charge in [-0.25, -0.2) is 4.79 Å². The first-order valence-corrected chi connectivity index (χ1v) is 36.1. The number of benzene rings is 1. The highest BCUT2D eigenvalue weighted by Gasteiger charge is 2.44. The van der Waals surface area contributed by atoms with Gasteiger partial charge in [-0.3, -0.25) is 62.3 Å². The zero-order valence-electron chi connectivity index (χ0n) is 62.8. The monoisotopic (exact) mass is 1430 g/mol. The summed E-state index contributed by atoms with van der Waals surface area (Å²) in [6, 6.07) is -6.55. The summed E-state index contributed by atoms with van der Waals surface area (Å²) in [6.07, 6.45) is 1.08. The van der Waals surface area contributed by atoms with Gasteiger partial charge in [0, 0.05) is 19.4 Å². The third-order valence-electron chi connectivity index (χ3n) is 18.5. The average molecular weight is 1440 g/mol. The molecule has 2 fully saturated rings. The van der Waals surface area contributed by atoms with Crippen molar-refractivity contribution in [1.82, 2.24) is 68.7 Å². The summed E-state index contributed by atoms with van der Waals surface area (Å²) >= 11 is 0. The van der Waals surface area contributed by atoms with Crippen molar-refractivity contribution in [2.75, 3.05) is 19.6 Å². The van der Waals surface area contributed by atoms with Gasteiger partial charge in [-0.15, -0.1) is 0 Å². The van der Waals surface area contributed by atoms with E-state index in [2.05, 4.69) is 63.8 Å². The Kier molecular flexibility index (Phi) is 36.8. The number of carbonyl (C=O) groups excluding carboxylic acids is 14. The van der Waals surface area contributed by atoms with Crippen molar-refractivity contribution in [1.29, 1.82) is 0 Å². The molecule has 30 heteroatoms. The van der Waals surface area contributed by atoms with Crippen LogP contribution in [-0.2, 0) is 78.3 Å². The van der Waals surface area contributed by atoms with E-state index in [1.165, 1.54) is 31.7 Å². The summed E-state index contributed by atoms with van der Waals surface area (Å²) in [7, 11) is 0. The summed E-state index contributed by atoms with van der Waals surface area (Å²) in [4.78, 5) is 200. The number of hydrogen-bond donors (Lipinski definition) is 14. The number of likely N-dealkylation sites (tertiary alicyclic amines) is 1. The van der Waals surface area contributed by atoms with E-state index >= 15 is 9.59 Å². The first-order valence-electron chi connectivity index (χ1n) is 36.1. The third-order valence-corrected chi connectivity index (χ3v) is 18.5. The van der Waals surface area contributed by atoms with Crippen LogP contribution in [0.2, 0.25) is 0 Å². The summed E-state index contributed by atoms with van der Waals surface area (Å²) in [5.41, 5.74) is 6.32. The van der Waals surface area contributed by atoms with E-state index in [1.54, 1.807) is 113 Å². The largest absolute Gasteiger partial charge is 0.458 e. The molecule has 102 heavy (non-hydrogen) atoms. The predicted octanol–water partition coefficient (Wildman–Crippen LogP) is 0.812. The molecule has 0 saturated carbocycles. The van der Waals surface area contributed by atoms with E-state index in [-0.39, 0.29) is 63.2 Å². The number of ether oxygens (including phenoxy) is 1. The minimum Gasteiger partial charge on any atom is -0.458 e. The van der Waals surface area contributed by atoms with Gasteiger partial charge in [0.15, 0.2) is 0 Å². The van der Waals surface area contributed by atoms with Crippen LogP contribution in [-0.4, -0.2) is 191 Å². The van der Waals surface area contributed by atoms with Crippen LogP contribution in [0.1, 0.15) is 181 Å². The van der Waals surface area contributed by atoms with Crippen molar-refractivity contribution < 1.29 is 77.0 Å². The number of cyclic esters (lactones) is 1. The normalized spacial score (nSPS) is 22.5. The molecule has 0 radical (unpaired) electrons. The first kappa shape index (κ1) is 87.7. The number of allylic oxidation sites excluding steroid dienone is 1. The lowest BCUT2D eigenvalue weighted by Gasteiger charge is -2.33. The third kappa shape index (κ3) is 27.0. The number of nitrogens with one attached hydrogen (secondary N) is 12. The van der Waals surface area contributed by atoms with Crippen molar-refractivity contribution >= 4 is 82.8 Å². The van der Waals surface area contributed by atoms with E-state index < -0.39 is 198 Å². The molecule has 13 amide bonds. The van der Waals surface area contributed by atoms with E-state index in [1.807, 2.05) is 13.8 Å². The smallest absolute Gasteiger partial charge is 0.329 e. The number of carbonyl (C=O) groups is 14. The molecule has 3 rings (SSSR count). The molecule has 0 spiro atoms. The Labute approximate surface area is 601 Å². The van der Waals surface area contributed by atoms with E-state index in [4.69, 9.17) is 10.5 Å². The highest BCUT2D eigenvalue weighted by atomic mass is 16.5. The van der Waals surface area contributed by atoms with E-state index in [9.17, 15) is 62.6 Å². The fourth-order valence-corrected chi connectivity index (χ4v) is 11.6. The molecule has 2 saturated heterocycles. The SMILES string of the molecule is C/C=C1\NC(=O)[C@H](Cc2ccccc2)NC(=O)[C@@H](C(C)C)NC(=O)[C@@H]([C@H](C)CC)NC(=O)[C@H](NC(=O)[C@H](NC(=O)[C@H](CCCN)NC(=O)[C@H]2CCCN2C(=O)[C@H](NC(=O)[C@@H](NC(=O)[C@@H](NC(=O)CNC(=O)CCCC(C)C)[C@@H](C)O)C(C)C)C(C)C)[C@H](C)CC)[C@H](C)OC(=O)[C@H](C(C)C)NC1=O. The van der Waals surface area contributed by atoms with Crippen molar-refractivity contribution in [3.8, 4) is 0 Å². The van der Waals surface area contributed by atoms with Gasteiger partial charge < -0.3 is 84.3 Å². The average Bonchev–Trinajstić information content (AvgIpc) is 1.32. The van der Waals surface area contributed by atoms with Crippen LogP contribution in [0.4, 0.5) is 0 Å². The molecule has 0 aliphatic carbocycles. The number of nitrogens with two attached hydrogens (primary N) is 1. The van der Waals surface area contributed by atoms with E-state index in [0.29, 0.717) is 30.7 Å². The molecule has 0 bridgehead atoms. The van der Waals surface area contributed by atoms with Crippen LogP contribution < -0.4 is 69.5 Å². The second-order valence-electron chi connectivity index (χ2n) is 28.7. The highest BCUT2D eigenvalue weighted by Crippen LogP contribution is 2.23. The molecule has 2 aliphatic rings. The van der Waals surface area contributed by atoms with Gasteiger partial charge in [0.25, 0.3) is 5.91 Å².